The predicted octanol–water partition coefficient (Wildman–Crippen LogP) is 3.51. The smallest absolute Gasteiger partial charge is 0.205 e. The van der Waals surface area contributed by atoms with Gasteiger partial charge in [-0.25, -0.2) is 4.98 Å². The van der Waals surface area contributed by atoms with Gasteiger partial charge in [-0.15, -0.1) is 0 Å². The molecule has 0 bridgehead atoms. The standard InChI is InChI=1S/C15H13N3O/c1-10(19)11-5-4-6-12(9-11)16-15-17-13-7-2-3-8-14(13)18-15/h2-9H,1H3,(H2,16,17,18). The normalized spacial score (nSPS) is 10.6. The number of rotatable bonds is 3. The second kappa shape index (κ2) is 4.57. The van der Waals surface area contributed by atoms with Gasteiger partial charge in [0.1, 0.15) is 0 Å². The van der Waals surface area contributed by atoms with Gasteiger partial charge < -0.3 is 10.3 Å². The Morgan fingerprint density at radius 1 is 1.16 bits per heavy atom. The first-order chi connectivity index (χ1) is 9.22. The fourth-order valence-corrected chi connectivity index (χ4v) is 1.96. The highest BCUT2D eigenvalue weighted by atomic mass is 16.1. The molecular formula is C15H13N3O. The minimum absolute atomic E-state index is 0.0493. The predicted molar refractivity (Wildman–Crippen MR) is 75.8 cm³/mol. The molecule has 2 aromatic carbocycles. The Kier molecular flexibility index (Phi) is 2.76. The van der Waals surface area contributed by atoms with E-state index >= 15 is 0 Å². The maximum absolute atomic E-state index is 11.3. The molecule has 4 heteroatoms. The van der Waals surface area contributed by atoms with Crippen molar-refractivity contribution in [2.24, 2.45) is 0 Å². The van der Waals surface area contributed by atoms with Crippen molar-refractivity contribution >= 4 is 28.5 Å². The topological polar surface area (TPSA) is 57.8 Å². The van der Waals surface area contributed by atoms with Crippen LogP contribution in [0.3, 0.4) is 0 Å². The van der Waals surface area contributed by atoms with Crippen LogP contribution >= 0.6 is 0 Å². The monoisotopic (exact) mass is 251 g/mol. The first-order valence-electron chi connectivity index (χ1n) is 6.05. The van der Waals surface area contributed by atoms with Crippen LogP contribution in [-0.4, -0.2) is 15.8 Å². The Balaban J connectivity index is 1.92. The summed E-state index contributed by atoms with van der Waals surface area (Å²) in [5.74, 6) is 0.718. The first kappa shape index (κ1) is 11.5. The fraction of sp³-hybridized carbons (Fsp3) is 0.0667. The highest BCUT2D eigenvalue weighted by Gasteiger charge is 2.04. The zero-order valence-electron chi connectivity index (χ0n) is 10.5. The van der Waals surface area contributed by atoms with Crippen molar-refractivity contribution in [2.45, 2.75) is 6.92 Å². The Morgan fingerprint density at radius 3 is 2.79 bits per heavy atom. The van der Waals surface area contributed by atoms with E-state index in [1.165, 1.54) is 0 Å². The number of Topliss-reactive ketones (excluding diaryl/α,β-unsaturated/α-hetero) is 1. The molecule has 2 N–H and O–H groups in total. The first-order valence-corrected chi connectivity index (χ1v) is 6.05. The van der Waals surface area contributed by atoms with Crippen LogP contribution in [0.15, 0.2) is 48.5 Å². The van der Waals surface area contributed by atoms with Crippen molar-refractivity contribution in [2.75, 3.05) is 5.32 Å². The molecule has 3 rings (SSSR count). The van der Waals surface area contributed by atoms with Crippen LogP contribution in [0, 0.1) is 0 Å². The molecule has 0 spiro atoms. The Bertz CT molecular complexity index is 713. The molecule has 19 heavy (non-hydrogen) atoms. The molecule has 0 atom stereocenters. The van der Waals surface area contributed by atoms with Gasteiger partial charge in [-0.05, 0) is 31.2 Å². The molecule has 0 saturated carbocycles. The number of fused-ring (bicyclic) bond motifs is 1. The molecule has 0 aliphatic carbocycles. The molecule has 1 heterocycles. The van der Waals surface area contributed by atoms with Gasteiger partial charge in [-0.1, -0.05) is 24.3 Å². The maximum atomic E-state index is 11.3. The largest absolute Gasteiger partial charge is 0.326 e. The van der Waals surface area contributed by atoms with Crippen LogP contribution < -0.4 is 5.32 Å². The number of carbonyl (C=O) groups is 1. The van der Waals surface area contributed by atoms with E-state index in [0.717, 1.165) is 16.7 Å². The average Bonchev–Trinajstić information content (AvgIpc) is 2.81. The zero-order chi connectivity index (χ0) is 13.2. The fourth-order valence-electron chi connectivity index (χ4n) is 1.96. The number of carbonyl (C=O) groups excluding carboxylic acids is 1. The molecule has 0 aliphatic heterocycles. The summed E-state index contributed by atoms with van der Waals surface area (Å²) < 4.78 is 0. The lowest BCUT2D eigenvalue weighted by Gasteiger charge is -2.03. The molecule has 4 nitrogen and oxygen atoms in total. The number of para-hydroxylation sites is 2. The summed E-state index contributed by atoms with van der Waals surface area (Å²) in [5, 5.41) is 3.17. The van der Waals surface area contributed by atoms with Gasteiger partial charge >= 0.3 is 0 Å². The number of benzene rings is 2. The lowest BCUT2D eigenvalue weighted by molar-refractivity contribution is 0.101. The van der Waals surface area contributed by atoms with Crippen molar-refractivity contribution in [1.29, 1.82) is 0 Å². The molecule has 3 aromatic rings. The number of H-pyrrole nitrogens is 1. The number of hydrogen-bond acceptors (Lipinski definition) is 3. The molecule has 0 amide bonds. The van der Waals surface area contributed by atoms with E-state index < -0.39 is 0 Å². The number of nitrogens with zero attached hydrogens (tertiary/aromatic N) is 1. The van der Waals surface area contributed by atoms with Gasteiger partial charge in [0.15, 0.2) is 5.78 Å². The SMILES string of the molecule is CC(=O)c1cccc(Nc2nc3ccccc3[nH]2)c1. The second-order valence-electron chi connectivity index (χ2n) is 4.36. The summed E-state index contributed by atoms with van der Waals surface area (Å²) in [6.45, 7) is 1.56. The Labute approximate surface area is 110 Å². The van der Waals surface area contributed by atoms with Crippen molar-refractivity contribution < 1.29 is 4.79 Å². The van der Waals surface area contributed by atoms with E-state index in [2.05, 4.69) is 15.3 Å². The van der Waals surface area contributed by atoms with E-state index in [0.29, 0.717) is 11.5 Å². The number of ketones is 1. The van der Waals surface area contributed by atoms with Gasteiger partial charge in [0.25, 0.3) is 0 Å². The maximum Gasteiger partial charge on any atom is 0.205 e. The summed E-state index contributed by atoms with van der Waals surface area (Å²) in [7, 11) is 0. The van der Waals surface area contributed by atoms with Crippen molar-refractivity contribution in [3.8, 4) is 0 Å². The van der Waals surface area contributed by atoms with Crippen molar-refractivity contribution in [1.82, 2.24) is 9.97 Å². The van der Waals surface area contributed by atoms with Crippen LogP contribution in [0.25, 0.3) is 11.0 Å². The molecule has 0 fully saturated rings. The van der Waals surface area contributed by atoms with Crippen LogP contribution in [0.1, 0.15) is 17.3 Å². The van der Waals surface area contributed by atoms with Crippen LogP contribution in [0.2, 0.25) is 0 Å². The molecule has 0 aliphatic rings. The molecule has 0 saturated heterocycles. The van der Waals surface area contributed by atoms with Crippen LogP contribution in [0.4, 0.5) is 11.6 Å². The molecule has 94 valence electrons. The van der Waals surface area contributed by atoms with E-state index in [4.69, 9.17) is 0 Å². The molecule has 1 aromatic heterocycles. The highest BCUT2D eigenvalue weighted by molar-refractivity contribution is 5.95. The number of nitrogens with one attached hydrogen (secondary N) is 2. The number of imidazole rings is 1. The van der Waals surface area contributed by atoms with E-state index in [-0.39, 0.29) is 5.78 Å². The summed E-state index contributed by atoms with van der Waals surface area (Å²) in [5.41, 5.74) is 3.41. The Hall–Kier alpha value is -2.62. The third-order valence-electron chi connectivity index (χ3n) is 2.92. The lowest BCUT2D eigenvalue weighted by Crippen LogP contribution is -1.96. The summed E-state index contributed by atoms with van der Waals surface area (Å²) in [6.07, 6.45) is 0. The van der Waals surface area contributed by atoms with Crippen LogP contribution in [-0.2, 0) is 0 Å². The third-order valence-corrected chi connectivity index (χ3v) is 2.92. The van der Waals surface area contributed by atoms with E-state index in [1.54, 1.807) is 13.0 Å². The number of aromatic amines is 1. The molecule has 0 radical (unpaired) electrons. The van der Waals surface area contributed by atoms with E-state index in [9.17, 15) is 4.79 Å². The highest BCUT2D eigenvalue weighted by Crippen LogP contribution is 2.19. The van der Waals surface area contributed by atoms with Gasteiger partial charge in [0, 0.05) is 11.3 Å². The van der Waals surface area contributed by atoms with E-state index in [1.807, 2.05) is 42.5 Å². The third kappa shape index (κ3) is 2.33. The van der Waals surface area contributed by atoms with Crippen LogP contribution in [0.5, 0.6) is 0 Å². The van der Waals surface area contributed by atoms with Gasteiger partial charge in [-0.3, -0.25) is 4.79 Å². The quantitative estimate of drug-likeness (QED) is 0.700. The summed E-state index contributed by atoms with van der Waals surface area (Å²) in [6, 6.07) is 15.2. The summed E-state index contributed by atoms with van der Waals surface area (Å²) >= 11 is 0. The number of hydrogen-bond donors (Lipinski definition) is 2. The summed E-state index contributed by atoms with van der Waals surface area (Å²) in [4.78, 5) is 19.0. The minimum Gasteiger partial charge on any atom is -0.326 e. The number of aromatic nitrogens is 2. The minimum atomic E-state index is 0.0493. The van der Waals surface area contributed by atoms with Crippen molar-refractivity contribution in [3.05, 3.63) is 54.1 Å². The average molecular weight is 251 g/mol. The van der Waals surface area contributed by atoms with Gasteiger partial charge in [-0.2, -0.15) is 0 Å². The molecular weight excluding hydrogens is 238 g/mol. The number of anilines is 2. The molecule has 0 unspecified atom stereocenters. The lowest BCUT2D eigenvalue weighted by atomic mass is 10.1. The second-order valence-corrected chi connectivity index (χ2v) is 4.36. The van der Waals surface area contributed by atoms with Gasteiger partial charge in [0.05, 0.1) is 11.0 Å². The zero-order valence-corrected chi connectivity index (χ0v) is 10.5. The Morgan fingerprint density at radius 2 is 2.00 bits per heavy atom. The van der Waals surface area contributed by atoms with Crippen molar-refractivity contribution in [3.63, 3.8) is 0 Å². The van der Waals surface area contributed by atoms with Gasteiger partial charge in [0.2, 0.25) is 5.95 Å².